The van der Waals surface area contributed by atoms with Gasteiger partial charge in [0, 0.05) is 18.3 Å². The highest BCUT2D eigenvalue weighted by Crippen LogP contribution is 2.28. The third-order valence-electron chi connectivity index (χ3n) is 5.18. The summed E-state index contributed by atoms with van der Waals surface area (Å²) in [5.74, 6) is 12.4. The fourth-order valence-corrected chi connectivity index (χ4v) is 3.59. The van der Waals surface area contributed by atoms with Crippen LogP contribution in [0.2, 0.25) is 0 Å². The highest BCUT2D eigenvalue weighted by molar-refractivity contribution is 5.91. The molecule has 0 aliphatic heterocycles. The van der Waals surface area contributed by atoms with Crippen molar-refractivity contribution in [3.8, 4) is 11.4 Å². The second-order valence-electron chi connectivity index (χ2n) is 7.61. The maximum atomic E-state index is 12.3. The molecule has 0 aliphatic rings. The first kappa shape index (κ1) is 22.3. The highest BCUT2D eigenvalue weighted by Gasteiger charge is 2.20. The fraction of sp³-hybridized carbons (Fsp3) is 0.304. The van der Waals surface area contributed by atoms with Crippen LogP contribution in [-0.2, 0) is 13.0 Å². The summed E-state index contributed by atoms with van der Waals surface area (Å²) in [6.45, 7) is 8.33. The summed E-state index contributed by atoms with van der Waals surface area (Å²) in [5, 5.41) is 6.54. The standard InChI is InChI=1S/C23H30N6O2/c1-6-18-8-7-9-21(28(25)23(30)27(5)24)20(18)14-31-22-11-10-19(12-15(22)2)29-17(4)13-16(3)26-29/h7-13H,6,14,24-25H2,1-5H3. The summed E-state index contributed by atoms with van der Waals surface area (Å²) >= 11 is 0. The molecule has 3 aromatic rings. The van der Waals surface area contributed by atoms with Crippen LogP contribution in [0.1, 0.15) is 35.0 Å². The number of nitrogens with two attached hydrogens (primary N) is 2. The average molecular weight is 423 g/mol. The number of urea groups is 1. The van der Waals surface area contributed by atoms with Crippen molar-refractivity contribution in [2.75, 3.05) is 12.1 Å². The summed E-state index contributed by atoms with van der Waals surface area (Å²) in [6, 6.07) is 13.2. The van der Waals surface area contributed by atoms with E-state index in [-0.39, 0.29) is 6.61 Å². The Morgan fingerprint density at radius 2 is 1.87 bits per heavy atom. The molecule has 2 amide bonds. The third kappa shape index (κ3) is 4.70. The second kappa shape index (κ2) is 9.20. The van der Waals surface area contributed by atoms with E-state index in [2.05, 4.69) is 12.0 Å². The fourth-order valence-electron chi connectivity index (χ4n) is 3.59. The number of rotatable bonds is 6. The lowest BCUT2D eigenvalue weighted by atomic mass is 10.0. The summed E-state index contributed by atoms with van der Waals surface area (Å²) in [6.07, 6.45) is 0.781. The number of nitrogens with zero attached hydrogens (tertiary/aromatic N) is 4. The number of amides is 2. The minimum atomic E-state index is -0.514. The van der Waals surface area contributed by atoms with Crippen molar-refractivity contribution >= 4 is 11.7 Å². The van der Waals surface area contributed by atoms with Gasteiger partial charge in [0.05, 0.1) is 17.1 Å². The number of hydrogen-bond donors (Lipinski definition) is 2. The van der Waals surface area contributed by atoms with Crippen LogP contribution in [0, 0.1) is 20.8 Å². The van der Waals surface area contributed by atoms with Crippen LogP contribution < -0.4 is 21.4 Å². The summed E-state index contributed by atoms with van der Waals surface area (Å²) in [5.41, 5.74) is 6.49. The van der Waals surface area contributed by atoms with Crippen molar-refractivity contribution in [3.63, 3.8) is 0 Å². The van der Waals surface area contributed by atoms with Crippen LogP contribution in [0.15, 0.2) is 42.5 Å². The third-order valence-corrected chi connectivity index (χ3v) is 5.18. The van der Waals surface area contributed by atoms with E-state index in [1.165, 1.54) is 7.05 Å². The van der Waals surface area contributed by atoms with Crippen molar-refractivity contribution in [3.05, 3.63) is 70.5 Å². The number of aromatic nitrogens is 2. The number of hydrazine groups is 2. The molecule has 1 heterocycles. The van der Waals surface area contributed by atoms with Crippen molar-refractivity contribution in [1.29, 1.82) is 0 Å². The first-order valence-electron chi connectivity index (χ1n) is 10.2. The molecular weight excluding hydrogens is 392 g/mol. The first-order chi connectivity index (χ1) is 14.7. The number of anilines is 1. The zero-order chi connectivity index (χ0) is 22.7. The van der Waals surface area contributed by atoms with Crippen molar-refractivity contribution in [2.24, 2.45) is 11.7 Å². The predicted octanol–water partition coefficient (Wildman–Crippen LogP) is 3.54. The molecule has 0 aliphatic carbocycles. The van der Waals surface area contributed by atoms with Gasteiger partial charge < -0.3 is 4.74 Å². The molecule has 2 aromatic carbocycles. The van der Waals surface area contributed by atoms with E-state index >= 15 is 0 Å². The van der Waals surface area contributed by atoms with Crippen molar-refractivity contribution in [2.45, 2.75) is 40.7 Å². The smallest absolute Gasteiger partial charge is 0.352 e. The number of aryl methyl sites for hydroxylation is 4. The molecule has 0 spiro atoms. The lowest BCUT2D eigenvalue weighted by Gasteiger charge is -2.24. The molecule has 31 heavy (non-hydrogen) atoms. The molecular formula is C23H30N6O2. The van der Waals surface area contributed by atoms with E-state index in [9.17, 15) is 4.79 Å². The van der Waals surface area contributed by atoms with E-state index < -0.39 is 6.03 Å². The number of hydrogen-bond acceptors (Lipinski definition) is 5. The van der Waals surface area contributed by atoms with E-state index in [1.54, 1.807) is 6.07 Å². The second-order valence-corrected chi connectivity index (χ2v) is 7.61. The monoisotopic (exact) mass is 422 g/mol. The lowest BCUT2D eigenvalue weighted by Crippen LogP contribution is -2.49. The summed E-state index contributed by atoms with van der Waals surface area (Å²) in [7, 11) is 1.45. The molecule has 8 heteroatoms. The van der Waals surface area contributed by atoms with Gasteiger partial charge in [-0.25, -0.2) is 26.2 Å². The molecule has 0 unspecified atom stereocenters. The number of benzene rings is 2. The Kier molecular flexibility index (Phi) is 6.62. The minimum Gasteiger partial charge on any atom is -0.489 e. The van der Waals surface area contributed by atoms with E-state index in [1.807, 2.05) is 61.9 Å². The molecule has 0 radical (unpaired) electrons. The molecule has 3 rings (SSSR count). The molecule has 1 aromatic heterocycles. The van der Waals surface area contributed by atoms with Gasteiger partial charge in [0.25, 0.3) is 0 Å². The summed E-state index contributed by atoms with van der Waals surface area (Å²) < 4.78 is 8.07. The topological polar surface area (TPSA) is 103 Å². The van der Waals surface area contributed by atoms with E-state index in [0.717, 1.165) is 56.0 Å². The zero-order valence-electron chi connectivity index (χ0n) is 18.7. The van der Waals surface area contributed by atoms with E-state index in [4.69, 9.17) is 16.4 Å². The Balaban J connectivity index is 1.87. The van der Waals surface area contributed by atoms with Gasteiger partial charge in [0.1, 0.15) is 12.4 Å². The molecule has 8 nitrogen and oxygen atoms in total. The predicted molar refractivity (Wildman–Crippen MR) is 122 cm³/mol. The number of carbonyl (C=O) groups is 1. The molecule has 164 valence electrons. The van der Waals surface area contributed by atoms with Crippen LogP contribution >= 0.6 is 0 Å². The minimum absolute atomic E-state index is 0.273. The Labute approximate surface area is 182 Å². The van der Waals surface area contributed by atoms with Crippen LogP contribution in [0.3, 0.4) is 0 Å². The SMILES string of the molecule is CCc1cccc(N(N)C(=O)N(C)N)c1COc1ccc(-n2nc(C)cc2C)cc1C. The molecule has 0 fully saturated rings. The maximum Gasteiger partial charge on any atom is 0.352 e. The molecule has 0 bridgehead atoms. The van der Waals surface area contributed by atoms with Gasteiger partial charge in [-0.1, -0.05) is 19.1 Å². The zero-order valence-corrected chi connectivity index (χ0v) is 18.7. The Morgan fingerprint density at radius 1 is 1.13 bits per heavy atom. The Bertz CT molecular complexity index is 1090. The molecule has 4 N–H and O–H groups in total. The van der Waals surface area contributed by atoms with Crippen LogP contribution in [-0.4, -0.2) is 27.9 Å². The largest absolute Gasteiger partial charge is 0.489 e. The van der Waals surface area contributed by atoms with Gasteiger partial charge in [0.2, 0.25) is 0 Å². The van der Waals surface area contributed by atoms with Gasteiger partial charge >= 0.3 is 6.03 Å². The van der Waals surface area contributed by atoms with Gasteiger partial charge in [-0.05, 0) is 68.7 Å². The first-order valence-corrected chi connectivity index (χ1v) is 10.2. The normalized spacial score (nSPS) is 10.8. The van der Waals surface area contributed by atoms with Crippen LogP contribution in [0.25, 0.3) is 5.69 Å². The van der Waals surface area contributed by atoms with Crippen LogP contribution in [0.5, 0.6) is 5.75 Å². The lowest BCUT2D eigenvalue weighted by molar-refractivity contribution is 0.216. The molecule has 0 saturated carbocycles. The maximum absolute atomic E-state index is 12.3. The van der Waals surface area contributed by atoms with Crippen LogP contribution in [0.4, 0.5) is 10.5 Å². The van der Waals surface area contributed by atoms with Gasteiger partial charge in [-0.15, -0.1) is 0 Å². The average Bonchev–Trinajstić information content (AvgIpc) is 3.09. The Hall–Kier alpha value is -3.36. The van der Waals surface area contributed by atoms with Gasteiger partial charge in [-0.2, -0.15) is 5.10 Å². The summed E-state index contributed by atoms with van der Waals surface area (Å²) in [4.78, 5) is 12.3. The quantitative estimate of drug-likeness (QED) is 0.359. The highest BCUT2D eigenvalue weighted by atomic mass is 16.5. The number of ether oxygens (including phenoxy) is 1. The van der Waals surface area contributed by atoms with Gasteiger partial charge in [0.15, 0.2) is 0 Å². The van der Waals surface area contributed by atoms with E-state index in [0.29, 0.717) is 5.69 Å². The van der Waals surface area contributed by atoms with Crippen molar-refractivity contribution < 1.29 is 9.53 Å². The van der Waals surface area contributed by atoms with Crippen molar-refractivity contribution in [1.82, 2.24) is 14.8 Å². The Morgan fingerprint density at radius 3 is 2.45 bits per heavy atom. The number of carbonyl (C=O) groups excluding carboxylic acids is 1. The molecule has 0 saturated heterocycles. The molecule has 0 atom stereocenters. The van der Waals surface area contributed by atoms with Gasteiger partial charge in [-0.3, -0.25) is 5.01 Å².